The largest absolute Gasteiger partial charge is 0.497 e. The van der Waals surface area contributed by atoms with Crippen LogP contribution in [0, 0.1) is 0 Å². The van der Waals surface area contributed by atoms with E-state index in [9.17, 15) is 4.79 Å². The van der Waals surface area contributed by atoms with Gasteiger partial charge in [0, 0.05) is 11.9 Å². The Hall–Kier alpha value is -3.02. The van der Waals surface area contributed by atoms with Crippen molar-refractivity contribution in [2.24, 2.45) is 0 Å². The first kappa shape index (κ1) is 13.0. The quantitative estimate of drug-likeness (QED) is 0.771. The second kappa shape index (κ2) is 5.16. The number of hydrogen-bond donors (Lipinski definition) is 2. The zero-order chi connectivity index (χ0) is 14.8. The molecule has 0 saturated carbocycles. The van der Waals surface area contributed by atoms with Gasteiger partial charge in [0.05, 0.1) is 18.2 Å². The van der Waals surface area contributed by atoms with Crippen molar-refractivity contribution in [1.29, 1.82) is 0 Å². The first-order chi connectivity index (χ1) is 10.2. The lowest BCUT2D eigenvalue weighted by Crippen LogP contribution is -2.12. The van der Waals surface area contributed by atoms with Crippen LogP contribution in [-0.2, 0) is 0 Å². The molecule has 3 aromatic rings. The number of carbonyl (C=O) groups is 1. The summed E-state index contributed by atoms with van der Waals surface area (Å²) in [7, 11) is 1.58. The van der Waals surface area contributed by atoms with Crippen LogP contribution >= 0.6 is 0 Å². The standard InChI is InChI=1S/C15H13N3O3/c1-20-10-6-4-9(5-7-10)18-14(19)13-12(16)11-3-2-8-17-15(11)21-13/h2-8H,16H2,1H3,(H,18,19). The number of amides is 1. The smallest absolute Gasteiger partial charge is 0.293 e. The fourth-order valence-electron chi connectivity index (χ4n) is 1.98. The molecule has 0 atom stereocenters. The molecule has 21 heavy (non-hydrogen) atoms. The summed E-state index contributed by atoms with van der Waals surface area (Å²) in [5, 5.41) is 3.34. The second-order valence-corrected chi connectivity index (χ2v) is 4.38. The Morgan fingerprint density at radius 1 is 1.29 bits per heavy atom. The molecule has 2 aromatic heterocycles. The number of carbonyl (C=O) groups excluding carboxylic acids is 1. The lowest BCUT2D eigenvalue weighted by Gasteiger charge is -2.05. The second-order valence-electron chi connectivity index (χ2n) is 4.38. The minimum absolute atomic E-state index is 0.0551. The molecule has 0 radical (unpaired) electrons. The highest BCUT2D eigenvalue weighted by atomic mass is 16.5. The molecular weight excluding hydrogens is 270 g/mol. The molecule has 0 aliphatic heterocycles. The van der Waals surface area contributed by atoms with E-state index in [1.165, 1.54) is 0 Å². The third kappa shape index (κ3) is 2.38. The van der Waals surface area contributed by atoms with Crippen molar-refractivity contribution in [3.05, 3.63) is 48.4 Å². The van der Waals surface area contributed by atoms with Gasteiger partial charge in [-0.25, -0.2) is 4.98 Å². The van der Waals surface area contributed by atoms with Gasteiger partial charge >= 0.3 is 0 Å². The molecule has 0 unspecified atom stereocenters. The van der Waals surface area contributed by atoms with Gasteiger partial charge in [-0.1, -0.05) is 0 Å². The van der Waals surface area contributed by atoms with Gasteiger partial charge in [-0.3, -0.25) is 4.79 Å². The maximum absolute atomic E-state index is 12.2. The van der Waals surface area contributed by atoms with Crippen LogP contribution in [0.15, 0.2) is 47.0 Å². The number of rotatable bonds is 3. The Labute approximate surface area is 120 Å². The number of ether oxygens (including phenoxy) is 1. The van der Waals surface area contributed by atoms with E-state index in [0.717, 1.165) is 0 Å². The first-order valence-electron chi connectivity index (χ1n) is 6.27. The SMILES string of the molecule is COc1ccc(NC(=O)c2oc3ncccc3c2N)cc1. The van der Waals surface area contributed by atoms with Crippen LogP contribution in [0.4, 0.5) is 11.4 Å². The average Bonchev–Trinajstić information content (AvgIpc) is 2.86. The molecule has 3 rings (SSSR count). The number of nitrogens with one attached hydrogen (secondary N) is 1. The van der Waals surface area contributed by atoms with Gasteiger partial charge in [0.15, 0.2) is 0 Å². The fourth-order valence-corrected chi connectivity index (χ4v) is 1.98. The van der Waals surface area contributed by atoms with E-state index in [1.54, 1.807) is 49.7 Å². The normalized spacial score (nSPS) is 10.5. The van der Waals surface area contributed by atoms with E-state index in [2.05, 4.69) is 10.3 Å². The minimum Gasteiger partial charge on any atom is -0.497 e. The van der Waals surface area contributed by atoms with Gasteiger partial charge in [-0.05, 0) is 36.4 Å². The van der Waals surface area contributed by atoms with E-state index in [0.29, 0.717) is 22.5 Å². The van der Waals surface area contributed by atoms with Gasteiger partial charge in [-0.2, -0.15) is 0 Å². The molecule has 6 nitrogen and oxygen atoms in total. The average molecular weight is 283 g/mol. The van der Waals surface area contributed by atoms with Crippen molar-refractivity contribution < 1.29 is 13.9 Å². The zero-order valence-corrected chi connectivity index (χ0v) is 11.3. The summed E-state index contributed by atoms with van der Waals surface area (Å²) in [6.45, 7) is 0. The predicted octanol–water partition coefficient (Wildman–Crippen LogP) is 2.67. The third-order valence-corrected chi connectivity index (χ3v) is 3.06. The summed E-state index contributed by atoms with van der Waals surface area (Å²) >= 11 is 0. The van der Waals surface area contributed by atoms with E-state index in [-0.39, 0.29) is 11.4 Å². The number of furan rings is 1. The van der Waals surface area contributed by atoms with Crippen molar-refractivity contribution >= 4 is 28.4 Å². The maximum atomic E-state index is 12.2. The van der Waals surface area contributed by atoms with Gasteiger partial charge in [0.1, 0.15) is 5.75 Å². The fraction of sp³-hybridized carbons (Fsp3) is 0.0667. The van der Waals surface area contributed by atoms with Crippen LogP contribution in [0.5, 0.6) is 5.75 Å². The number of anilines is 2. The topological polar surface area (TPSA) is 90.4 Å². The molecule has 0 aliphatic carbocycles. The molecule has 0 spiro atoms. The summed E-state index contributed by atoms with van der Waals surface area (Å²) in [6, 6.07) is 10.4. The highest BCUT2D eigenvalue weighted by Gasteiger charge is 2.19. The number of hydrogen-bond acceptors (Lipinski definition) is 5. The number of nitrogens with zero attached hydrogens (tertiary/aromatic N) is 1. The summed E-state index contributed by atoms with van der Waals surface area (Å²) in [4.78, 5) is 16.2. The maximum Gasteiger partial charge on any atom is 0.293 e. The van der Waals surface area contributed by atoms with Crippen LogP contribution in [0.3, 0.4) is 0 Å². The number of nitrogen functional groups attached to an aromatic ring is 1. The zero-order valence-electron chi connectivity index (χ0n) is 11.3. The Bertz CT molecular complexity index is 794. The summed E-state index contributed by atoms with van der Waals surface area (Å²) in [5.41, 5.74) is 7.17. The molecule has 6 heteroatoms. The molecule has 106 valence electrons. The Balaban J connectivity index is 1.87. The van der Waals surface area contributed by atoms with Crippen LogP contribution in [-0.4, -0.2) is 18.0 Å². The number of benzene rings is 1. The van der Waals surface area contributed by atoms with E-state index < -0.39 is 5.91 Å². The van der Waals surface area contributed by atoms with Crippen molar-refractivity contribution in [1.82, 2.24) is 4.98 Å². The molecule has 0 aliphatic rings. The van der Waals surface area contributed by atoms with Gasteiger partial charge in [-0.15, -0.1) is 0 Å². The number of fused-ring (bicyclic) bond motifs is 1. The van der Waals surface area contributed by atoms with E-state index in [1.807, 2.05) is 0 Å². The van der Waals surface area contributed by atoms with Crippen LogP contribution in [0.1, 0.15) is 10.6 Å². The predicted molar refractivity (Wildman–Crippen MR) is 79.4 cm³/mol. The van der Waals surface area contributed by atoms with Crippen molar-refractivity contribution in [3.63, 3.8) is 0 Å². The van der Waals surface area contributed by atoms with Crippen LogP contribution < -0.4 is 15.8 Å². The summed E-state index contributed by atoms with van der Waals surface area (Å²) in [5.74, 6) is 0.343. The molecule has 0 saturated heterocycles. The van der Waals surface area contributed by atoms with E-state index >= 15 is 0 Å². The highest BCUT2D eigenvalue weighted by Crippen LogP contribution is 2.27. The highest BCUT2D eigenvalue weighted by molar-refractivity contribution is 6.10. The Morgan fingerprint density at radius 2 is 2.05 bits per heavy atom. The Morgan fingerprint density at radius 3 is 2.71 bits per heavy atom. The van der Waals surface area contributed by atoms with Crippen LogP contribution in [0.2, 0.25) is 0 Å². The van der Waals surface area contributed by atoms with E-state index in [4.69, 9.17) is 14.9 Å². The number of aromatic nitrogens is 1. The monoisotopic (exact) mass is 283 g/mol. The molecule has 0 fully saturated rings. The first-order valence-corrected chi connectivity index (χ1v) is 6.27. The third-order valence-electron chi connectivity index (χ3n) is 3.06. The lowest BCUT2D eigenvalue weighted by molar-refractivity contribution is 0.0999. The van der Waals surface area contributed by atoms with Gasteiger partial charge < -0.3 is 20.2 Å². The van der Waals surface area contributed by atoms with Gasteiger partial charge in [0.25, 0.3) is 5.91 Å². The van der Waals surface area contributed by atoms with Crippen molar-refractivity contribution in [2.75, 3.05) is 18.2 Å². The van der Waals surface area contributed by atoms with Crippen molar-refractivity contribution in [2.45, 2.75) is 0 Å². The molecule has 3 N–H and O–H groups in total. The Kier molecular flexibility index (Phi) is 3.19. The lowest BCUT2D eigenvalue weighted by atomic mass is 10.2. The molecule has 1 aromatic carbocycles. The van der Waals surface area contributed by atoms with Crippen molar-refractivity contribution in [3.8, 4) is 5.75 Å². The molecule has 2 heterocycles. The van der Waals surface area contributed by atoms with Gasteiger partial charge in [0.2, 0.25) is 11.5 Å². The number of pyridine rings is 1. The minimum atomic E-state index is -0.421. The molecule has 1 amide bonds. The number of methoxy groups -OCH3 is 1. The summed E-state index contributed by atoms with van der Waals surface area (Å²) in [6.07, 6.45) is 1.58. The summed E-state index contributed by atoms with van der Waals surface area (Å²) < 4.78 is 10.5. The molecular formula is C15H13N3O3. The molecule has 0 bridgehead atoms. The van der Waals surface area contributed by atoms with Crippen LogP contribution in [0.25, 0.3) is 11.1 Å². The number of nitrogens with two attached hydrogens (primary N) is 1.